The van der Waals surface area contributed by atoms with E-state index < -0.39 is 5.97 Å². The first-order chi connectivity index (χ1) is 11.1. The number of hydrogen-bond donors (Lipinski definition) is 1. The summed E-state index contributed by atoms with van der Waals surface area (Å²) in [5.41, 5.74) is 2.32. The molecule has 0 unspecified atom stereocenters. The highest BCUT2D eigenvalue weighted by atomic mass is 16.5. The number of hydrogen-bond acceptors (Lipinski definition) is 3. The number of rotatable bonds is 4. The van der Waals surface area contributed by atoms with Crippen LogP contribution in [-0.2, 0) is 14.3 Å². The predicted octanol–water partition coefficient (Wildman–Crippen LogP) is 4.28. The molecule has 0 aliphatic heterocycles. The maximum atomic E-state index is 11.9. The van der Waals surface area contributed by atoms with Crippen molar-refractivity contribution in [1.29, 1.82) is 0 Å². The van der Waals surface area contributed by atoms with Gasteiger partial charge >= 0.3 is 11.9 Å². The molecule has 4 atom stereocenters. The van der Waals surface area contributed by atoms with E-state index in [9.17, 15) is 14.7 Å². The van der Waals surface area contributed by atoms with Gasteiger partial charge in [-0.25, -0.2) is 9.59 Å². The zero-order valence-corrected chi connectivity index (χ0v) is 14.9. The van der Waals surface area contributed by atoms with Gasteiger partial charge in [0.25, 0.3) is 0 Å². The summed E-state index contributed by atoms with van der Waals surface area (Å²) in [5.74, 6) is -0.908. The molecule has 2 fully saturated rings. The maximum Gasteiger partial charge on any atom is 0.331 e. The number of esters is 1. The van der Waals surface area contributed by atoms with E-state index >= 15 is 0 Å². The van der Waals surface area contributed by atoms with Crippen LogP contribution in [-0.4, -0.2) is 23.1 Å². The quantitative estimate of drug-likeness (QED) is 0.474. The Kier molecular flexibility index (Phi) is 5.36. The Morgan fingerprint density at radius 3 is 2.62 bits per heavy atom. The van der Waals surface area contributed by atoms with Gasteiger partial charge in [0.15, 0.2) is 0 Å². The van der Waals surface area contributed by atoms with Crippen molar-refractivity contribution in [1.82, 2.24) is 0 Å². The molecule has 0 bridgehead atoms. The van der Waals surface area contributed by atoms with Crippen LogP contribution in [0, 0.1) is 17.3 Å². The fraction of sp³-hybridized carbons (Fsp3) is 0.600. The third-order valence-corrected chi connectivity index (χ3v) is 5.56. The lowest BCUT2D eigenvalue weighted by Crippen LogP contribution is -2.44. The van der Waals surface area contributed by atoms with Crippen molar-refractivity contribution in [2.24, 2.45) is 17.3 Å². The van der Waals surface area contributed by atoms with Crippen LogP contribution >= 0.6 is 0 Å². The second-order valence-corrected chi connectivity index (χ2v) is 7.86. The van der Waals surface area contributed by atoms with Gasteiger partial charge in [0.05, 0.1) is 0 Å². The first-order valence-corrected chi connectivity index (χ1v) is 8.57. The molecule has 0 spiro atoms. The van der Waals surface area contributed by atoms with Crippen LogP contribution in [0.3, 0.4) is 0 Å². The average molecular weight is 332 g/mol. The second kappa shape index (κ2) is 6.96. The van der Waals surface area contributed by atoms with Gasteiger partial charge < -0.3 is 9.84 Å². The van der Waals surface area contributed by atoms with Crippen LogP contribution in [0.5, 0.6) is 0 Å². The van der Waals surface area contributed by atoms with Crippen molar-refractivity contribution in [3.05, 3.63) is 36.0 Å². The van der Waals surface area contributed by atoms with Crippen molar-refractivity contribution in [3.8, 4) is 0 Å². The summed E-state index contributed by atoms with van der Waals surface area (Å²) in [5, 5.41) is 9.19. The molecule has 0 heterocycles. The van der Waals surface area contributed by atoms with Crippen LogP contribution in [0.1, 0.15) is 52.9 Å². The highest BCUT2D eigenvalue weighted by Gasteiger charge is 2.47. The lowest BCUT2D eigenvalue weighted by atomic mass is 9.55. The molecule has 2 saturated carbocycles. The smallest absolute Gasteiger partial charge is 0.331 e. The first kappa shape index (κ1) is 18.5. The third-order valence-electron chi connectivity index (χ3n) is 5.56. The van der Waals surface area contributed by atoms with E-state index in [1.54, 1.807) is 0 Å². The highest BCUT2D eigenvalue weighted by molar-refractivity contribution is 5.86. The molecule has 4 nitrogen and oxygen atoms in total. The lowest BCUT2D eigenvalue weighted by molar-refractivity contribution is -0.147. The monoisotopic (exact) mass is 332 g/mol. The number of allylic oxidation sites excluding steroid dienone is 1. The third kappa shape index (κ3) is 3.97. The number of carboxylic acid groups (broad SMARTS) is 1. The topological polar surface area (TPSA) is 63.6 Å². The molecule has 2 rings (SSSR count). The molecule has 132 valence electrons. The van der Waals surface area contributed by atoms with E-state index in [4.69, 9.17) is 4.74 Å². The van der Waals surface area contributed by atoms with Gasteiger partial charge in [0, 0.05) is 18.1 Å². The molecule has 0 aromatic heterocycles. The lowest BCUT2D eigenvalue weighted by Gasteiger charge is -2.50. The molecule has 4 heteroatoms. The molecular formula is C20H28O4. The zero-order chi connectivity index (χ0) is 18.1. The van der Waals surface area contributed by atoms with E-state index in [0.29, 0.717) is 12.0 Å². The number of aliphatic carboxylic acids is 1. The van der Waals surface area contributed by atoms with Crippen LogP contribution < -0.4 is 0 Å². The van der Waals surface area contributed by atoms with E-state index in [0.717, 1.165) is 36.8 Å². The molecule has 24 heavy (non-hydrogen) atoms. The Balaban J connectivity index is 2.07. The normalized spacial score (nSPS) is 32.5. The van der Waals surface area contributed by atoms with Crippen molar-refractivity contribution < 1.29 is 19.4 Å². The summed E-state index contributed by atoms with van der Waals surface area (Å²) in [6.45, 7) is 13.9. The fourth-order valence-corrected chi connectivity index (χ4v) is 4.30. The summed E-state index contributed by atoms with van der Waals surface area (Å²) in [6, 6.07) is 0. The molecule has 2 aliphatic carbocycles. The Morgan fingerprint density at radius 2 is 2.04 bits per heavy atom. The van der Waals surface area contributed by atoms with Gasteiger partial charge in [-0.1, -0.05) is 31.2 Å². The molecule has 0 aromatic carbocycles. The number of ether oxygens (including phenoxy) is 1. The molecule has 0 radical (unpaired) electrons. The summed E-state index contributed by atoms with van der Waals surface area (Å²) < 4.78 is 5.61. The van der Waals surface area contributed by atoms with Crippen LogP contribution in [0.25, 0.3) is 0 Å². The Morgan fingerprint density at radius 1 is 1.38 bits per heavy atom. The van der Waals surface area contributed by atoms with E-state index in [2.05, 4.69) is 20.1 Å². The minimum Gasteiger partial charge on any atom is -0.478 e. The number of carbonyl (C=O) groups excluding carboxylic acids is 1. The van der Waals surface area contributed by atoms with Crippen LogP contribution in [0.4, 0.5) is 0 Å². The molecule has 1 N–H and O–H groups in total. The van der Waals surface area contributed by atoms with Gasteiger partial charge in [0.2, 0.25) is 0 Å². The van der Waals surface area contributed by atoms with Crippen LogP contribution in [0.2, 0.25) is 0 Å². The van der Waals surface area contributed by atoms with Gasteiger partial charge in [-0.2, -0.15) is 0 Å². The van der Waals surface area contributed by atoms with Crippen LogP contribution in [0.15, 0.2) is 36.0 Å². The molecule has 0 saturated heterocycles. The summed E-state index contributed by atoms with van der Waals surface area (Å²) in [6.07, 6.45) is 5.37. The first-order valence-electron chi connectivity index (χ1n) is 8.57. The second-order valence-electron chi connectivity index (χ2n) is 7.86. The van der Waals surface area contributed by atoms with Crippen molar-refractivity contribution in [2.45, 2.75) is 59.0 Å². The highest BCUT2D eigenvalue weighted by Crippen LogP contribution is 2.54. The SMILES string of the molecule is C=C(C(=O)O)[C@@H]1CC[C@@]2(C)C[C@@H](OC(=O)C=C(C)C)CC(=C)[C@@H]2C1. The molecule has 0 aromatic rings. The van der Waals surface area contributed by atoms with E-state index in [1.807, 2.05) is 13.8 Å². The maximum absolute atomic E-state index is 11.9. The number of carbonyl (C=O) groups is 2. The predicted molar refractivity (Wildman–Crippen MR) is 93.4 cm³/mol. The summed E-state index contributed by atoms with van der Waals surface area (Å²) >= 11 is 0. The van der Waals surface area contributed by atoms with Gasteiger partial charge in [-0.3, -0.25) is 0 Å². The Labute approximate surface area is 144 Å². The summed E-state index contributed by atoms with van der Waals surface area (Å²) in [4.78, 5) is 23.1. The number of fused-ring (bicyclic) bond motifs is 1. The van der Waals surface area contributed by atoms with Gasteiger partial charge in [-0.05, 0) is 56.8 Å². The van der Waals surface area contributed by atoms with Crippen molar-refractivity contribution in [3.63, 3.8) is 0 Å². The van der Waals surface area contributed by atoms with E-state index in [-0.39, 0.29) is 29.3 Å². The minimum absolute atomic E-state index is 0.0144. The van der Waals surface area contributed by atoms with Crippen molar-refractivity contribution in [2.75, 3.05) is 0 Å². The molecule has 2 aliphatic rings. The summed E-state index contributed by atoms with van der Waals surface area (Å²) in [7, 11) is 0. The minimum atomic E-state index is -0.904. The molecule has 0 amide bonds. The van der Waals surface area contributed by atoms with Gasteiger partial charge in [0.1, 0.15) is 6.10 Å². The fourth-order valence-electron chi connectivity index (χ4n) is 4.30. The molecular weight excluding hydrogens is 304 g/mol. The average Bonchev–Trinajstić information content (AvgIpc) is 2.44. The number of carboxylic acids is 1. The van der Waals surface area contributed by atoms with E-state index in [1.165, 1.54) is 6.08 Å². The standard InChI is InChI=1S/C20H28O4/c1-12(2)8-18(21)24-16-9-13(3)17-10-15(14(4)19(22)23)6-7-20(17,5)11-16/h8,15-17H,3-4,6-7,9-11H2,1-2,5H3,(H,22,23)/t15-,16+,17+,20+/m1/s1. The Bertz CT molecular complexity index is 597. The van der Waals surface area contributed by atoms with Gasteiger partial charge in [-0.15, -0.1) is 0 Å². The Hall–Kier alpha value is -1.84. The zero-order valence-electron chi connectivity index (χ0n) is 14.9. The largest absolute Gasteiger partial charge is 0.478 e. The van der Waals surface area contributed by atoms with Crippen molar-refractivity contribution >= 4 is 11.9 Å².